The molecule has 0 aromatic carbocycles. The van der Waals surface area contributed by atoms with E-state index in [2.05, 4.69) is 96.8 Å². The van der Waals surface area contributed by atoms with Crippen molar-refractivity contribution in [3.63, 3.8) is 0 Å². The molecule has 6 aliphatic rings. The van der Waals surface area contributed by atoms with E-state index in [9.17, 15) is 39.6 Å². The monoisotopic (exact) mass is 1020 g/mol. The Balaban J connectivity index is 1.17. The van der Waals surface area contributed by atoms with Crippen molar-refractivity contribution < 1.29 is 58.6 Å². The van der Waals surface area contributed by atoms with Crippen LogP contribution in [0, 0.1) is 0 Å². The van der Waals surface area contributed by atoms with Gasteiger partial charge < -0.3 is 25.3 Å². The fraction of sp³-hybridized carbons (Fsp3) is 0.267. The maximum Gasteiger partial charge on any atom is 0.303 e. The van der Waals surface area contributed by atoms with Crippen LogP contribution in [0.25, 0.3) is 16.7 Å². The zero-order valence-corrected chi connectivity index (χ0v) is 42.3. The molecule has 386 valence electrons. The highest BCUT2D eigenvalue weighted by atomic mass is 16.4. The molecule has 0 saturated carbocycles. The second-order valence-electron chi connectivity index (χ2n) is 19.2. The van der Waals surface area contributed by atoms with E-state index in [-0.39, 0.29) is 25.7 Å². The molecule has 8 bridgehead atoms. The van der Waals surface area contributed by atoms with Crippen molar-refractivity contribution in [2.24, 2.45) is 15.0 Å². The lowest BCUT2D eigenvalue weighted by molar-refractivity contribution is -0.697. The van der Waals surface area contributed by atoms with Crippen LogP contribution in [0.5, 0.6) is 0 Å². The number of aliphatic imine (C=N–C) groups is 3. The molecule has 9 heterocycles. The molecule has 76 heavy (non-hydrogen) atoms. The van der Waals surface area contributed by atoms with E-state index in [1.54, 1.807) is 0 Å². The molecule has 0 fully saturated rings. The molecule has 3 aromatic heterocycles. The van der Waals surface area contributed by atoms with Gasteiger partial charge in [-0.05, 0) is 91.8 Å². The number of carboxylic acids is 4. The normalized spacial score (nSPS) is 16.5. The Morgan fingerprint density at radius 2 is 0.763 bits per heavy atom. The third kappa shape index (κ3) is 13.1. The largest absolute Gasteiger partial charge is 0.481 e. The Kier molecular flexibility index (Phi) is 16.8. The van der Waals surface area contributed by atoms with Gasteiger partial charge in [-0.15, -0.1) is 0 Å². The third-order valence-corrected chi connectivity index (χ3v) is 13.7. The molecular formula is C60H62N8O8+4. The number of fused-ring (bicyclic) bond motifs is 5. The maximum absolute atomic E-state index is 11.2. The molecule has 0 saturated heterocycles. The number of pyridine rings is 3. The summed E-state index contributed by atoms with van der Waals surface area (Å²) in [6.07, 6.45) is 42.5. The highest BCUT2D eigenvalue weighted by molar-refractivity contribution is 6.36. The number of carbonyl (C=O) groups is 4. The van der Waals surface area contributed by atoms with Crippen LogP contribution in [0.1, 0.15) is 93.7 Å². The summed E-state index contributed by atoms with van der Waals surface area (Å²) in [5, 5.41) is 39.0. The Morgan fingerprint density at radius 3 is 1.14 bits per heavy atom. The number of rotatable bonds is 23. The minimum Gasteiger partial charge on any atom is -0.481 e. The van der Waals surface area contributed by atoms with Gasteiger partial charge >= 0.3 is 23.9 Å². The number of carboxylic acid groups (broad SMARTS) is 4. The molecule has 0 aliphatic carbocycles. The van der Waals surface area contributed by atoms with Gasteiger partial charge in [0.2, 0.25) is 0 Å². The summed E-state index contributed by atoms with van der Waals surface area (Å²) in [4.78, 5) is 63.2. The first-order valence-corrected chi connectivity index (χ1v) is 26.0. The van der Waals surface area contributed by atoms with Crippen molar-refractivity contribution in [3.8, 4) is 0 Å². The number of nitrogens with zero attached hydrogens (tertiary/aromatic N) is 7. The van der Waals surface area contributed by atoms with Crippen LogP contribution in [-0.2, 0) is 38.8 Å². The van der Waals surface area contributed by atoms with Crippen molar-refractivity contribution in [2.45, 2.75) is 96.7 Å². The van der Waals surface area contributed by atoms with Crippen LogP contribution in [0.15, 0.2) is 201 Å². The number of aryl methyl sites for hydroxylation is 3. The van der Waals surface area contributed by atoms with Gasteiger partial charge in [0.1, 0.15) is 31.0 Å². The Morgan fingerprint density at radius 1 is 0.421 bits per heavy atom. The van der Waals surface area contributed by atoms with Gasteiger partial charge in [0.25, 0.3) is 0 Å². The summed E-state index contributed by atoms with van der Waals surface area (Å²) in [7, 11) is 0. The summed E-state index contributed by atoms with van der Waals surface area (Å²) in [5.41, 5.74) is 13.5. The highest BCUT2D eigenvalue weighted by Crippen LogP contribution is 2.37. The number of nitrogens with two attached hydrogens (primary N) is 1. The van der Waals surface area contributed by atoms with E-state index in [1.165, 1.54) is 0 Å². The van der Waals surface area contributed by atoms with Crippen molar-refractivity contribution in [2.75, 3.05) is 6.54 Å². The van der Waals surface area contributed by atoms with E-state index < -0.39 is 23.9 Å². The smallest absolute Gasteiger partial charge is 0.303 e. The van der Waals surface area contributed by atoms with Crippen molar-refractivity contribution in [1.29, 1.82) is 0 Å². The van der Waals surface area contributed by atoms with Crippen LogP contribution in [0.3, 0.4) is 0 Å². The van der Waals surface area contributed by atoms with Gasteiger partial charge in [-0.25, -0.2) is 28.7 Å². The molecule has 16 heteroatoms. The molecule has 3 aromatic rings. The molecular weight excluding hydrogens is 961 g/mol. The maximum atomic E-state index is 11.2. The minimum atomic E-state index is -0.802. The Hall–Kier alpha value is -8.76. The number of hydrogen-bond donors (Lipinski definition) is 5. The molecule has 0 amide bonds. The fourth-order valence-corrected chi connectivity index (χ4v) is 9.83. The van der Waals surface area contributed by atoms with Crippen LogP contribution in [-0.4, -0.2) is 72.9 Å². The number of hydrogen-bond acceptors (Lipinski definition) is 8. The topological polar surface area (TPSA) is 218 Å². The number of quaternary nitrogens is 1. The molecule has 0 unspecified atom stereocenters. The molecule has 0 spiro atoms. The van der Waals surface area contributed by atoms with Gasteiger partial charge in [0.15, 0.2) is 37.2 Å². The Bertz CT molecular complexity index is 3250. The fourth-order valence-electron chi connectivity index (χ4n) is 9.83. The number of aliphatic carboxylic acids is 4. The van der Waals surface area contributed by atoms with Crippen LogP contribution < -0.4 is 19.0 Å². The van der Waals surface area contributed by atoms with E-state index in [0.717, 1.165) is 104 Å². The Labute approximate surface area is 440 Å². The first kappa shape index (κ1) is 52.1. The van der Waals surface area contributed by atoms with Crippen molar-refractivity contribution in [1.82, 2.24) is 4.90 Å². The quantitative estimate of drug-likeness (QED) is 0.0482. The van der Waals surface area contributed by atoms with Crippen molar-refractivity contribution in [3.05, 3.63) is 203 Å². The summed E-state index contributed by atoms with van der Waals surface area (Å²) in [5.74, 6) is -3.20. The molecule has 0 atom stereocenters. The average Bonchev–Trinajstić information content (AvgIpc) is 4.30. The predicted octanol–water partition coefficient (Wildman–Crippen LogP) is 7.13. The predicted molar refractivity (Wildman–Crippen MR) is 286 cm³/mol. The molecule has 16 nitrogen and oxygen atoms in total. The van der Waals surface area contributed by atoms with Gasteiger partial charge in [-0.1, -0.05) is 0 Å². The van der Waals surface area contributed by atoms with Crippen molar-refractivity contribution >= 4 is 57.7 Å². The van der Waals surface area contributed by atoms with Gasteiger partial charge in [-0.3, -0.25) is 24.5 Å². The lowest BCUT2D eigenvalue weighted by Gasteiger charge is -2.20. The molecule has 0 radical (unpaired) electrons. The second-order valence-corrected chi connectivity index (χ2v) is 19.2. The number of aromatic nitrogens is 3. The minimum absolute atomic E-state index is 0.125. The van der Waals surface area contributed by atoms with E-state index in [4.69, 9.17) is 15.0 Å². The highest BCUT2D eigenvalue weighted by Gasteiger charge is 2.32. The number of allylic oxidation sites excluding steroid dienone is 15. The van der Waals surface area contributed by atoms with Gasteiger partial charge in [0.05, 0.1) is 45.4 Å². The SMILES string of the molecule is O=C(O)CCCCN1C=CC(=C2C3=NC(=C(c4cc[n+](CCCCC(=O)O)cc4)C4=CC=C([NH2+]4)C(c4cc[n+](CCCCC(=O)O)cc4)=C4C=CC(=N4)C(c4cc[n+](CCCCC(=O)O)cc4)=C4C=CC2=N4)C=C3)C=C1. The van der Waals surface area contributed by atoms with Gasteiger partial charge in [0, 0.05) is 135 Å². The van der Waals surface area contributed by atoms with E-state index in [1.807, 2.05) is 73.9 Å². The summed E-state index contributed by atoms with van der Waals surface area (Å²) in [6.45, 7) is 2.71. The number of unbranched alkanes of at least 4 members (excludes halogenated alkanes) is 4. The summed E-state index contributed by atoms with van der Waals surface area (Å²) >= 11 is 0. The van der Waals surface area contributed by atoms with Gasteiger partial charge in [-0.2, -0.15) is 0 Å². The summed E-state index contributed by atoms with van der Waals surface area (Å²) in [6, 6.07) is 12.4. The van der Waals surface area contributed by atoms with Crippen LogP contribution in [0.2, 0.25) is 0 Å². The summed E-state index contributed by atoms with van der Waals surface area (Å²) < 4.78 is 6.20. The zero-order chi connectivity index (χ0) is 53.0. The second kappa shape index (κ2) is 24.5. The molecule has 9 rings (SSSR count). The van der Waals surface area contributed by atoms with E-state index >= 15 is 0 Å². The molecule has 6 aliphatic heterocycles. The van der Waals surface area contributed by atoms with Crippen LogP contribution in [0.4, 0.5) is 0 Å². The average molecular weight is 1020 g/mol. The zero-order valence-electron chi connectivity index (χ0n) is 42.3. The van der Waals surface area contributed by atoms with E-state index in [0.29, 0.717) is 63.3 Å². The standard InChI is InChI=1S/C60H58N8O8/c69-53(70)9-1-5-29-65-33-21-41(22-34-65)57-45-13-15-47(61-45)58(42-23-35-66(36-24-42)30-6-2-10-54(71)72)49-17-19-51(63-49)60(44-27-39-68(40-28-44)32-8-4-12-56(75)76)52-20-18-50(64-52)59(48-16-14-46(57)62-48)43-25-37-67(38-26-43)31-7-3-11-55(73)74/h13-28,33-40H,1-12,29-32H2,(H2-3,61,62,63,64,69,70,71,72,73,74,75,76)/p+4. The third-order valence-electron chi connectivity index (χ3n) is 13.7. The lowest BCUT2D eigenvalue weighted by Crippen LogP contribution is -2.78. The lowest BCUT2D eigenvalue weighted by atomic mass is 9.97. The first-order valence-electron chi connectivity index (χ1n) is 26.0. The first-order chi connectivity index (χ1) is 36.9. The molecule has 6 N–H and O–H groups in total. The van der Waals surface area contributed by atoms with Crippen LogP contribution >= 0.6 is 0 Å².